The van der Waals surface area contributed by atoms with Crippen LogP contribution in [0.5, 0.6) is 69.0 Å². The highest BCUT2D eigenvalue weighted by Gasteiger charge is 2.29. The largest absolute Gasteiger partial charge is 0.487 e. The summed E-state index contributed by atoms with van der Waals surface area (Å²) in [4.78, 5) is 13.5. The third-order valence-electron chi connectivity index (χ3n) is 10.2. The van der Waals surface area contributed by atoms with Crippen LogP contribution in [0.2, 0.25) is 0 Å². The molecule has 0 amide bonds. The molecule has 0 spiro atoms. The zero-order valence-corrected chi connectivity index (χ0v) is 38.9. The third-order valence-corrected chi connectivity index (χ3v) is 14.8. The summed E-state index contributed by atoms with van der Waals surface area (Å²) < 4.78 is 82.1. The Bertz CT molecular complexity index is 2850. The summed E-state index contributed by atoms with van der Waals surface area (Å²) in [6.07, 6.45) is 0.0990. The molecular formula is C48H44N3O14P3. The fourth-order valence-electron chi connectivity index (χ4n) is 6.32. The van der Waals surface area contributed by atoms with Crippen LogP contribution in [0.25, 0.3) is 0 Å². The Hall–Kier alpha value is -6.54. The number of nitrogens with zero attached hydrogens (tertiary/aromatic N) is 3. The van der Waals surface area contributed by atoms with Crippen molar-refractivity contribution in [3.8, 4) is 69.0 Å². The molecule has 0 radical (unpaired) electrons. The van der Waals surface area contributed by atoms with Crippen LogP contribution in [0, 0.1) is 0 Å². The molecule has 0 N–H and O–H groups in total. The standard InChI is InChI=1S/C48H44N3O14P3/c1-2-13-33(14-3-1)62-51-67(49-66-50(63-44-21-10-6-17-40(44)58-31-36-27-54-36)68(51)65-45-22-11-7-18-41(45)59-32-37-28-55-37)64-47-24-12-23-46(60-42-19-8-4-15-38(42)56-29-34-25-52-34)48(47)61-43-20-9-5-16-39(43)57-30-35-26-53-35/h1-24,34-37H,25-32H2. The first-order chi connectivity index (χ1) is 33.6. The van der Waals surface area contributed by atoms with Gasteiger partial charge in [-0.25, -0.2) is 0 Å². The molecule has 0 saturated carbocycles. The zero-order chi connectivity index (χ0) is 45.5. The maximum atomic E-state index is 7.01. The molecule has 20 heteroatoms. The van der Waals surface area contributed by atoms with E-state index in [1.54, 1.807) is 26.7 Å². The third kappa shape index (κ3) is 11.6. The number of epoxide rings is 4. The predicted octanol–water partition coefficient (Wildman–Crippen LogP) is 10.4. The van der Waals surface area contributed by atoms with Gasteiger partial charge in [0.1, 0.15) is 50.8 Å². The summed E-state index contributed by atoms with van der Waals surface area (Å²) in [5.74, 6) is 5.11. The van der Waals surface area contributed by atoms with Crippen molar-refractivity contribution in [2.75, 3.05) is 52.9 Å². The van der Waals surface area contributed by atoms with Crippen LogP contribution in [-0.4, -0.2) is 90.3 Å². The van der Waals surface area contributed by atoms with E-state index in [4.69, 9.17) is 70.6 Å². The predicted molar refractivity (Wildman–Crippen MR) is 250 cm³/mol. The quantitative estimate of drug-likeness (QED) is 0.0525. The van der Waals surface area contributed by atoms with Gasteiger partial charge in [-0.2, -0.15) is 0 Å². The fourth-order valence-corrected chi connectivity index (χ4v) is 11.3. The van der Waals surface area contributed by atoms with E-state index in [2.05, 4.69) is 0 Å². The lowest BCUT2D eigenvalue weighted by molar-refractivity contribution is 0.213. The molecular weight excluding hydrogens is 935 g/mol. The number of ether oxygens (including phenoxy) is 10. The Morgan fingerprint density at radius 2 is 0.868 bits per heavy atom. The molecule has 4 aliphatic rings. The summed E-state index contributed by atoms with van der Waals surface area (Å²) in [5.41, 5.74) is 0. The summed E-state index contributed by atoms with van der Waals surface area (Å²) in [7, 11) is -3.93. The van der Waals surface area contributed by atoms with Gasteiger partial charge in [0, 0.05) is 0 Å². The van der Waals surface area contributed by atoms with Crippen LogP contribution in [0.1, 0.15) is 0 Å². The topological polar surface area (TPSA) is 165 Å². The Morgan fingerprint density at radius 3 is 1.41 bits per heavy atom. The molecule has 5 heterocycles. The van der Waals surface area contributed by atoms with E-state index in [9.17, 15) is 0 Å². The second-order valence-electron chi connectivity index (χ2n) is 15.5. The molecule has 4 aliphatic heterocycles. The average molecular weight is 980 g/mol. The molecule has 11 rings (SSSR count). The van der Waals surface area contributed by atoms with Gasteiger partial charge in [-0.3, -0.25) is 0 Å². The van der Waals surface area contributed by atoms with Crippen molar-refractivity contribution in [3.05, 3.63) is 146 Å². The Kier molecular flexibility index (Phi) is 13.4. The number of hydrogen-bond acceptors (Lipinski definition) is 15. The molecule has 7 aromatic rings. The number of aromatic nitrogens is 3. The molecule has 0 bridgehead atoms. The maximum absolute atomic E-state index is 7.01. The first-order valence-corrected chi connectivity index (χ1v) is 25.0. The lowest BCUT2D eigenvalue weighted by Gasteiger charge is -2.23. The minimum Gasteiger partial charge on any atom is -0.487 e. The van der Waals surface area contributed by atoms with Crippen molar-refractivity contribution in [1.29, 1.82) is 0 Å². The normalized spacial score (nSPS) is 19.0. The SMILES string of the molecule is c1ccc(On2p(Oc3cccc(Oc4ccccc4OCC4CO4)c3Oc3ccccc3OCC3CO3)npn(Oc3ccccc3OCC3CO3)p2Oc2ccccc2OCC2CO2)cc1. The van der Waals surface area contributed by atoms with Crippen molar-refractivity contribution in [2.24, 2.45) is 0 Å². The van der Waals surface area contributed by atoms with E-state index < -0.39 is 16.2 Å². The number of hydrogen-bond donors (Lipinski definition) is 0. The van der Waals surface area contributed by atoms with Crippen molar-refractivity contribution >= 4 is 24.7 Å². The van der Waals surface area contributed by atoms with Gasteiger partial charge in [-0.15, -0.1) is 4.51 Å². The number of rotatable bonds is 24. The van der Waals surface area contributed by atoms with Crippen LogP contribution in [0.3, 0.4) is 0 Å². The van der Waals surface area contributed by atoms with E-state index in [0.717, 1.165) is 0 Å². The van der Waals surface area contributed by atoms with Crippen molar-refractivity contribution in [1.82, 2.24) is 13.0 Å². The number of benzene rings is 6. The van der Waals surface area contributed by atoms with Gasteiger partial charge in [-0.05, 0) is 77.1 Å². The molecule has 1 aromatic heterocycles. The molecule has 68 heavy (non-hydrogen) atoms. The molecule has 4 saturated heterocycles. The van der Waals surface area contributed by atoms with E-state index in [1.807, 2.05) is 127 Å². The minimum atomic E-state index is -2.13. The lowest BCUT2D eigenvalue weighted by atomic mass is 10.2. The smallest absolute Gasteiger partial charge is 0.319 e. The van der Waals surface area contributed by atoms with Crippen LogP contribution >= 0.6 is 24.7 Å². The average Bonchev–Trinajstić information content (AvgIpc) is 4.15. The lowest BCUT2D eigenvalue weighted by Crippen LogP contribution is -2.15. The Balaban J connectivity index is 1.02. The van der Waals surface area contributed by atoms with Gasteiger partial charge in [0.05, 0.1) is 26.4 Å². The van der Waals surface area contributed by atoms with Crippen molar-refractivity contribution in [2.45, 2.75) is 24.4 Å². The first-order valence-electron chi connectivity index (χ1n) is 21.9. The Morgan fingerprint density at radius 1 is 0.441 bits per heavy atom. The van der Waals surface area contributed by atoms with Gasteiger partial charge < -0.3 is 66.1 Å². The van der Waals surface area contributed by atoms with Crippen LogP contribution in [0.15, 0.2) is 146 Å². The Labute approximate surface area is 394 Å². The zero-order valence-electron chi connectivity index (χ0n) is 36.2. The van der Waals surface area contributed by atoms with E-state index in [0.29, 0.717) is 119 Å². The molecule has 4 fully saturated rings. The molecule has 6 unspecified atom stereocenters. The second-order valence-corrected chi connectivity index (χ2v) is 19.9. The molecule has 6 aromatic carbocycles. The summed E-state index contributed by atoms with van der Waals surface area (Å²) >= 11 is 0. The van der Waals surface area contributed by atoms with E-state index in [1.165, 1.54) is 0 Å². The van der Waals surface area contributed by atoms with Crippen molar-refractivity contribution in [3.63, 3.8) is 0 Å². The van der Waals surface area contributed by atoms with Gasteiger partial charge in [-0.1, -0.05) is 77.1 Å². The maximum Gasteiger partial charge on any atom is 0.319 e. The van der Waals surface area contributed by atoms with Gasteiger partial charge >= 0.3 is 16.2 Å². The fraction of sp³-hybridized carbons (Fsp3) is 0.250. The highest BCUT2D eigenvalue weighted by Crippen LogP contribution is 2.51. The summed E-state index contributed by atoms with van der Waals surface area (Å²) in [6, 6.07) is 44.3. The molecule has 6 atom stereocenters. The minimum absolute atomic E-state index is 0.0116. The second kappa shape index (κ2) is 20.8. The molecule has 17 nitrogen and oxygen atoms in total. The van der Waals surface area contributed by atoms with Gasteiger partial charge in [0.2, 0.25) is 5.75 Å². The van der Waals surface area contributed by atoms with Crippen LogP contribution in [-0.2, 0) is 18.9 Å². The van der Waals surface area contributed by atoms with E-state index in [-0.39, 0.29) is 35.9 Å². The monoisotopic (exact) mass is 979 g/mol. The summed E-state index contributed by atoms with van der Waals surface area (Å²) in [6.45, 7) is 4.05. The highest BCUT2D eigenvalue weighted by atomic mass is 31.2. The highest BCUT2D eigenvalue weighted by molar-refractivity contribution is 7.56. The van der Waals surface area contributed by atoms with Crippen LogP contribution < -0.4 is 47.1 Å². The van der Waals surface area contributed by atoms with E-state index >= 15 is 0 Å². The van der Waals surface area contributed by atoms with Gasteiger partial charge in [0.25, 0.3) is 0 Å². The van der Waals surface area contributed by atoms with Crippen LogP contribution in [0.4, 0.5) is 0 Å². The molecule has 350 valence electrons. The van der Waals surface area contributed by atoms with Gasteiger partial charge in [0.15, 0.2) is 71.8 Å². The van der Waals surface area contributed by atoms with Crippen molar-refractivity contribution < 1.29 is 66.1 Å². The number of para-hydroxylation sites is 10. The summed E-state index contributed by atoms with van der Waals surface area (Å²) in [5, 5.41) is 0. The first kappa shape index (κ1) is 44.0. The molecule has 0 aliphatic carbocycles.